The second-order valence-corrected chi connectivity index (χ2v) is 24.0. The number of ketones is 1. The quantitative estimate of drug-likeness (QED) is 0.0267. The molecule has 95 heavy (non-hydrogen) atoms. The molecule has 8 amide bonds. The van der Waals surface area contributed by atoms with Crippen molar-refractivity contribution in [1.82, 2.24) is 42.5 Å². The fourth-order valence-corrected chi connectivity index (χ4v) is 10.2. The highest BCUT2D eigenvalue weighted by atomic mass is 16.5. The zero-order valence-electron chi connectivity index (χ0n) is 54.4. The van der Waals surface area contributed by atoms with Gasteiger partial charge >= 0.3 is 17.9 Å². The summed E-state index contributed by atoms with van der Waals surface area (Å²) < 4.78 is 5.21. The van der Waals surface area contributed by atoms with Crippen molar-refractivity contribution < 1.29 is 77.6 Å². The molecule has 5 rings (SSSR count). The van der Waals surface area contributed by atoms with E-state index in [1.54, 1.807) is 77.9 Å². The SMILES string of the molecule is CCC(=O)N[C@@H](Cc1ccc(OCC(=O)O)cc1)C(=O)N[C@@H](Cc1ccc(C(=O)O)cc1)C(=O)N[C@@H](CC(=O)O)C(=O)N[C@@H](Cc1cccc(C)c1)C(=O)N[C@@H](CC(C)C)C(=O)N[C@@H](Cc1ccc(-c2ccccc2)cc1)C(=O)N[C@H](C(=O)N[C@@H](CCCN)C(C)=O)C(C)C. The van der Waals surface area contributed by atoms with E-state index in [0.717, 1.165) is 16.7 Å². The summed E-state index contributed by atoms with van der Waals surface area (Å²) in [4.78, 5) is 163. The second kappa shape index (κ2) is 37.4. The number of carbonyl (C=O) groups excluding carboxylic acids is 9. The third-order valence-corrected chi connectivity index (χ3v) is 15.4. The van der Waals surface area contributed by atoms with E-state index >= 15 is 0 Å². The molecule has 5 aromatic carbocycles. The topological polar surface area (TPSA) is 397 Å². The first-order valence-electron chi connectivity index (χ1n) is 31.4. The number of Topliss-reactive ketones (excluding diaryl/α,β-unsaturated/α-hetero) is 1. The highest BCUT2D eigenvalue weighted by Gasteiger charge is 2.37. The van der Waals surface area contributed by atoms with Crippen LogP contribution in [0.15, 0.2) is 127 Å². The van der Waals surface area contributed by atoms with Crippen LogP contribution in [0.4, 0.5) is 0 Å². The fourth-order valence-electron chi connectivity index (χ4n) is 10.2. The van der Waals surface area contributed by atoms with E-state index < -0.39 is 132 Å². The minimum atomic E-state index is -1.95. The van der Waals surface area contributed by atoms with Gasteiger partial charge in [-0.2, -0.15) is 0 Å². The van der Waals surface area contributed by atoms with Crippen LogP contribution in [0.2, 0.25) is 0 Å². The van der Waals surface area contributed by atoms with Gasteiger partial charge in [0.25, 0.3) is 0 Å². The molecule has 0 fully saturated rings. The zero-order valence-corrected chi connectivity index (χ0v) is 54.4. The Morgan fingerprint density at radius 3 is 1.40 bits per heavy atom. The molecule has 13 N–H and O–H groups in total. The molecule has 0 radical (unpaired) electrons. The lowest BCUT2D eigenvalue weighted by Crippen LogP contribution is -2.61. The Morgan fingerprint density at radius 1 is 0.474 bits per heavy atom. The van der Waals surface area contributed by atoms with E-state index in [4.69, 9.17) is 15.6 Å². The Labute approximate surface area is 551 Å². The molecule has 0 heterocycles. The number of nitrogens with one attached hydrogen (secondary N) is 8. The highest BCUT2D eigenvalue weighted by Crippen LogP contribution is 2.21. The summed E-state index contributed by atoms with van der Waals surface area (Å²) in [6.07, 6.45) is -1.29. The van der Waals surface area contributed by atoms with Crippen LogP contribution in [0.5, 0.6) is 5.75 Å². The minimum Gasteiger partial charge on any atom is -0.482 e. The first kappa shape index (κ1) is 75.4. The predicted molar refractivity (Wildman–Crippen MR) is 352 cm³/mol. The monoisotopic (exact) mass is 1310 g/mol. The molecular formula is C70H87N9O16. The molecule has 8 atom stereocenters. The molecule has 0 aliphatic rings. The Balaban J connectivity index is 1.47. The van der Waals surface area contributed by atoms with Gasteiger partial charge in [-0.1, -0.05) is 143 Å². The summed E-state index contributed by atoms with van der Waals surface area (Å²) in [6, 6.07) is 23.6. The average molecular weight is 1310 g/mol. The lowest BCUT2D eigenvalue weighted by Gasteiger charge is -2.29. The largest absolute Gasteiger partial charge is 0.482 e. The van der Waals surface area contributed by atoms with Crippen LogP contribution in [0, 0.1) is 18.8 Å². The van der Waals surface area contributed by atoms with Gasteiger partial charge in [-0.25, -0.2) is 9.59 Å². The zero-order chi connectivity index (χ0) is 69.9. The van der Waals surface area contributed by atoms with E-state index in [1.807, 2.05) is 42.5 Å². The number of ether oxygens (including phenoxy) is 1. The molecule has 0 spiro atoms. The van der Waals surface area contributed by atoms with Gasteiger partial charge in [0.2, 0.25) is 47.3 Å². The van der Waals surface area contributed by atoms with Gasteiger partial charge in [-0.05, 0) is 109 Å². The maximum absolute atomic E-state index is 14.9. The Bertz CT molecular complexity index is 3470. The number of carbonyl (C=O) groups is 12. The molecule has 508 valence electrons. The number of amides is 8. The van der Waals surface area contributed by atoms with Crippen LogP contribution < -0.4 is 53.0 Å². The molecular weight excluding hydrogens is 1220 g/mol. The Morgan fingerprint density at radius 2 is 0.926 bits per heavy atom. The van der Waals surface area contributed by atoms with Crippen molar-refractivity contribution >= 4 is 70.9 Å². The van der Waals surface area contributed by atoms with Crippen LogP contribution >= 0.6 is 0 Å². The number of aromatic carboxylic acids is 1. The van der Waals surface area contributed by atoms with E-state index in [2.05, 4.69) is 42.5 Å². The van der Waals surface area contributed by atoms with E-state index in [1.165, 1.54) is 55.5 Å². The lowest BCUT2D eigenvalue weighted by molar-refractivity contribution is -0.141. The molecule has 5 aromatic rings. The van der Waals surface area contributed by atoms with Crippen molar-refractivity contribution in [3.63, 3.8) is 0 Å². The van der Waals surface area contributed by atoms with Crippen molar-refractivity contribution in [1.29, 1.82) is 0 Å². The van der Waals surface area contributed by atoms with Crippen LogP contribution in [-0.2, 0) is 78.4 Å². The molecule has 0 aliphatic heterocycles. The number of carboxylic acid groups (broad SMARTS) is 3. The highest BCUT2D eigenvalue weighted by molar-refractivity contribution is 5.99. The van der Waals surface area contributed by atoms with E-state index in [-0.39, 0.29) is 74.5 Å². The van der Waals surface area contributed by atoms with E-state index in [0.29, 0.717) is 28.7 Å². The predicted octanol–water partition coefficient (Wildman–Crippen LogP) is 3.89. The molecule has 0 saturated carbocycles. The summed E-state index contributed by atoms with van der Waals surface area (Å²) >= 11 is 0. The van der Waals surface area contributed by atoms with Gasteiger partial charge in [-0.3, -0.25) is 47.9 Å². The summed E-state index contributed by atoms with van der Waals surface area (Å²) in [6.45, 7) is 11.3. The molecule has 0 bridgehead atoms. The maximum atomic E-state index is 14.9. The Kier molecular flexibility index (Phi) is 29.7. The molecule has 0 unspecified atom stereocenters. The van der Waals surface area contributed by atoms with Crippen molar-refractivity contribution in [3.05, 3.63) is 161 Å². The number of benzene rings is 5. The number of hydrogen-bond donors (Lipinski definition) is 12. The van der Waals surface area contributed by atoms with Crippen LogP contribution in [0.1, 0.15) is 112 Å². The molecule has 25 heteroatoms. The molecule has 0 saturated heterocycles. The van der Waals surface area contributed by atoms with Crippen LogP contribution in [-0.4, -0.2) is 148 Å². The van der Waals surface area contributed by atoms with Gasteiger partial charge in [0.15, 0.2) is 12.4 Å². The summed E-state index contributed by atoms with van der Waals surface area (Å²) in [5.41, 5.74) is 10.1. The number of hydrogen-bond acceptors (Lipinski definition) is 14. The molecule has 0 aliphatic carbocycles. The third-order valence-electron chi connectivity index (χ3n) is 15.4. The van der Waals surface area contributed by atoms with Crippen molar-refractivity contribution in [2.75, 3.05) is 13.2 Å². The average Bonchev–Trinajstić information content (AvgIpc) is 0.887. The summed E-state index contributed by atoms with van der Waals surface area (Å²) in [5, 5.41) is 50.2. The van der Waals surface area contributed by atoms with Crippen molar-refractivity contribution in [3.8, 4) is 16.9 Å². The number of aliphatic carboxylic acids is 2. The number of carboxylic acids is 3. The van der Waals surface area contributed by atoms with Gasteiger partial charge in [0.05, 0.1) is 18.0 Å². The van der Waals surface area contributed by atoms with E-state index in [9.17, 15) is 67.7 Å². The smallest absolute Gasteiger partial charge is 0.341 e. The number of nitrogens with two attached hydrogens (primary N) is 1. The normalized spacial score (nSPS) is 13.6. The number of aryl methyl sites for hydroxylation is 1. The molecule has 0 aromatic heterocycles. The summed E-state index contributed by atoms with van der Waals surface area (Å²) in [5.74, 6) is -11.8. The number of rotatable bonds is 38. The lowest BCUT2D eigenvalue weighted by atomic mass is 9.97. The van der Waals surface area contributed by atoms with Crippen molar-refractivity contribution in [2.24, 2.45) is 17.6 Å². The first-order chi connectivity index (χ1) is 45.1. The van der Waals surface area contributed by atoms with Gasteiger partial charge in [-0.15, -0.1) is 0 Å². The fraction of sp³-hybridized carbons (Fsp3) is 0.400. The van der Waals surface area contributed by atoms with Gasteiger partial charge < -0.3 is 68.3 Å². The van der Waals surface area contributed by atoms with Gasteiger partial charge in [0.1, 0.15) is 48.0 Å². The minimum absolute atomic E-state index is 0.0162. The maximum Gasteiger partial charge on any atom is 0.341 e. The van der Waals surface area contributed by atoms with Crippen LogP contribution in [0.3, 0.4) is 0 Å². The van der Waals surface area contributed by atoms with Crippen LogP contribution in [0.25, 0.3) is 11.1 Å². The standard InChI is InChI=1S/C70H87N9O16/c1-8-59(81)72-54(34-46-23-29-51(30-24-46)95-39-61(84)85)64(87)75-55(35-45-21-27-50(28-22-45)70(93)94)65(88)78-58(38-60(82)83)67(90)77-57(37-47-15-12-14-42(6)33-47)66(89)74-53(32-40(2)3)63(86)76-56(36-44-19-25-49(26-20-44)48-16-10-9-11-17-48)68(91)79-62(41(4)5)69(92)73-52(43(7)80)18-13-31-71/h9-12,14-17,19-30,33,40-41,52-58,62H,8,13,18,31-32,34-39,71H2,1-7H3,(H,72,81)(H,73,92)(H,74,89)(H,75,87)(H,76,86)(H,77,90)(H,78,88)(H,79,91)(H,82,83)(H,84,85)(H,93,94)/t52-,53-,54-,55-,56-,57-,58-,62-/m0/s1. The summed E-state index contributed by atoms with van der Waals surface area (Å²) in [7, 11) is 0. The van der Waals surface area contributed by atoms with Gasteiger partial charge in [0, 0.05) is 32.1 Å². The third kappa shape index (κ3) is 25.3. The Hall–Kier alpha value is -10.3. The second-order valence-electron chi connectivity index (χ2n) is 24.0. The molecule has 25 nitrogen and oxygen atoms in total. The van der Waals surface area contributed by atoms with Crippen molar-refractivity contribution in [2.45, 2.75) is 155 Å². The first-order valence-corrected chi connectivity index (χ1v) is 31.4.